The molecule has 1 atom stereocenters. The van der Waals surface area contributed by atoms with E-state index in [0.717, 1.165) is 20.0 Å². The molecule has 0 spiro atoms. The second-order valence-corrected chi connectivity index (χ2v) is 12.4. The number of benzene rings is 1. The van der Waals surface area contributed by atoms with Crippen molar-refractivity contribution in [1.29, 1.82) is 0 Å². The molecule has 1 aliphatic rings. The van der Waals surface area contributed by atoms with Crippen molar-refractivity contribution in [2.45, 2.75) is 33.8 Å². The molecule has 0 N–H and O–H groups in total. The Morgan fingerprint density at radius 3 is 2.54 bits per heavy atom. The second-order valence-electron chi connectivity index (χ2n) is 6.27. The van der Waals surface area contributed by atoms with Gasteiger partial charge in [0.2, 0.25) is 5.91 Å². The molecular weight excluding hydrogens is 458 g/mol. The standard InChI is InChI=1S/C17H20ClN3O3S4/c1-2-21(14-7-8-28(23,24)11-14)15(22)10-26-17-20-19-16(27-17)25-9-12-3-5-13(18)6-4-12/h3-6,14H,2,7-11H2,1H3/t14-/m1/s1. The Bertz CT molecular complexity index is 918. The molecule has 0 bridgehead atoms. The van der Waals surface area contributed by atoms with Crippen LogP contribution in [0.2, 0.25) is 5.02 Å². The molecule has 0 radical (unpaired) electrons. The van der Waals surface area contributed by atoms with Crippen LogP contribution in [-0.2, 0) is 20.4 Å². The van der Waals surface area contributed by atoms with Crippen molar-refractivity contribution in [1.82, 2.24) is 15.1 Å². The number of aromatic nitrogens is 2. The molecule has 1 aromatic heterocycles. The third-order valence-electron chi connectivity index (χ3n) is 4.29. The molecule has 1 aliphatic heterocycles. The maximum atomic E-state index is 12.5. The number of amides is 1. The fourth-order valence-corrected chi connectivity index (χ4v) is 7.62. The fourth-order valence-electron chi connectivity index (χ4n) is 2.91. The number of carbonyl (C=O) groups excluding carboxylic acids is 1. The number of carbonyl (C=O) groups is 1. The molecular formula is C17H20ClN3O3S4. The van der Waals surface area contributed by atoms with Gasteiger partial charge in [0, 0.05) is 23.4 Å². The summed E-state index contributed by atoms with van der Waals surface area (Å²) in [5.41, 5.74) is 1.15. The van der Waals surface area contributed by atoms with Crippen LogP contribution in [0.15, 0.2) is 32.9 Å². The smallest absolute Gasteiger partial charge is 0.233 e. The van der Waals surface area contributed by atoms with E-state index in [9.17, 15) is 13.2 Å². The zero-order chi connectivity index (χ0) is 20.1. The summed E-state index contributed by atoms with van der Waals surface area (Å²) in [4.78, 5) is 14.2. The SMILES string of the molecule is CCN(C(=O)CSc1nnc(SCc2ccc(Cl)cc2)s1)[C@@H]1CCS(=O)(=O)C1. The predicted octanol–water partition coefficient (Wildman–Crippen LogP) is 3.61. The van der Waals surface area contributed by atoms with E-state index in [0.29, 0.717) is 18.0 Å². The van der Waals surface area contributed by atoms with E-state index in [-0.39, 0.29) is 29.2 Å². The first-order valence-corrected chi connectivity index (χ1v) is 13.7. The lowest BCUT2D eigenvalue weighted by Crippen LogP contribution is -2.41. The zero-order valence-electron chi connectivity index (χ0n) is 15.2. The number of sulfone groups is 1. The highest BCUT2D eigenvalue weighted by molar-refractivity contribution is 8.03. The van der Waals surface area contributed by atoms with Gasteiger partial charge in [0.05, 0.1) is 17.3 Å². The van der Waals surface area contributed by atoms with E-state index < -0.39 is 9.84 Å². The van der Waals surface area contributed by atoms with Crippen molar-refractivity contribution in [3.8, 4) is 0 Å². The van der Waals surface area contributed by atoms with Crippen molar-refractivity contribution in [2.24, 2.45) is 0 Å². The summed E-state index contributed by atoms with van der Waals surface area (Å²) in [6.45, 7) is 2.39. The number of hydrogen-bond acceptors (Lipinski definition) is 8. The molecule has 1 fully saturated rings. The molecule has 28 heavy (non-hydrogen) atoms. The third-order valence-corrected chi connectivity index (χ3v) is 9.54. The van der Waals surface area contributed by atoms with Crippen LogP contribution in [-0.4, -0.2) is 59.3 Å². The van der Waals surface area contributed by atoms with Crippen molar-refractivity contribution < 1.29 is 13.2 Å². The molecule has 6 nitrogen and oxygen atoms in total. The second kappa shape index (κ2) is 9.80. The minimum atomic E-state index is -3.01. The summed E-state index contributed by atoms with van der Waals surface area (Å²) in [5.74, 6) is 1.19. The van der Waals surface area contributed by atoms with Crippen LogP contribution in [0.3, 0.4) is 0 Å². The summed E-state index contributed by atoms with van der Waals surface area (Å²) in [5, 5.41) is 9.02. The van der Waals surface area contributed by atoms with Crippen LogP contribution in [0.1, 0.15) is 18.9 Å². The lowest BCUT2D eigenvalue weighted by atomic mass is 10.2. The topological polar surface area (TPSA) is 80.2 Å². The Balaban J connectivity index is 1.49. The van der Waals surface area contributed by atoms with Gasteiger partial charge in [-0.3, -0.25) is 4.79 Å². The maximum absolute atomic E-state index is 12.5. The quantitative estimate of drug-likeness (QED) is 0.537. The van der Waals surface area contributed by atoms with Crippen molar-refractivity contribution >= 4 is 62.2 Å². The summed E-state index contributed by atoms with van der Waals surface area (Å²) in [7, 11) is -3.01. The average molecular weight is 478 g/mol. The molecule has 3 rings (SSSR count). The van der Waals surface area contributed by atoms with Gasteiger partial charge in [-0.05, 0) is 31.0 Å². The van der Waals surface area contributed by atoms with E-state index in [2.05, 4.69) is 10.2 Å². The van der Waals surface area contributed by atoms with Gasteiger partial charge in [-0.1, -0.05) is 58.6 Å². The first kappa shape index (κ1) is 21.9. The first-order valence-electron chi connectivity index (χ1n) is 8.69. The van der Waals surface area contributed by atoms with Crippen LogP contribution in [0.25, 0.3) is 0 Å². The van der Waals surface area contributed by atoms with Gasteiger partial charge in [0.1, 0.15) is 0 Å². The normalized spacial score (nSPS) is 18.3. The minimum Gasteiger partial charge on any atom is -0.338 e. The van der Waals surface area contributed by atoms with Crippen LogP contribution in [0.4, 0.5) is 0 Å². The predicted molar refractivity (Wildman–Crippen MR) is 116 cm³/mol. The largest absolute Gasteiger partial charge is 0.338 e. The Labute approximate surface area is 182 Å². The number of halogens is 1. The first-order chi connectivity index (χ1) is 13.4. The molecule has 2 aromatic rings. The number of nitrogens with zero attached hydrogens (tertiary/aromatic N) is 3. The third kappa shape index (κ3) is 6.09. The van der Waals surface area contributed by atoms with Gasteiger partial charge in [-0.2, -0.15) is 0 Å². The lowest BCUT2D eigenvalue weighted by molar-refractivity contribution is -0.129. The summed E-state index contributed by atoms with van der Waals surface area (Å²) in [6, 6.07) is 7.47. The van der Waals surface area contributed by atoms with Gasteiger partial charge >= 0.3 is 0 Å². The number of thioether (sulfide) groups is 2. The van der Waals surface area contributed by atoms with Gasteiger partial charge in [-0.15, -0.1) is 10.2 Å². The Morgan fingerprint density at radius 1 is 1.25 bits per heavy atom. The van der Waals surface area contributed by atoms with E-state index in [1.54, 1.807) is 16.7 Å². The van der Waals surface area contributed by atoms with Gasteiger partial charge < -0.3 is 4.90 Å². The highest BCUT2D eigenvalue weighted by atomic mass is 35.5. The minimum absolute atomic E-state index is 0.0554. The van der Waals surface area contributed by atoms with E-state index in [4.69, 9.17) is 11.6 Å². The van der Waals surface area contributed by atoms with Crippen LogP contribution in [0.5, 0.6) is 0 Å². The van der Waals surface area contributed by atoms with Crippen molar-refractivity contribution in [3.05, 3.63) is 34.9 Å². The van der Waals surface area contributed by atoms with Crippen LogP contribution < -0.4 is 0 Å². The van der Waals surface area contributed by atoms with Gasteiger partial charge in [0.15, 0.2) is 18.5 Å². The molecule has 1 aromatic carbocycles. The monoisotopic (exact) mass is 477 g/mol. The molecule has 11 heteroatoms. The summed E-state index contributed by atoms with van der Waals surface area (Å²) in [6.07, 6.45) is 0.525. The highest BCUT2D eigenvalue weighted by Gasteiger charge is 2.33. The summed E-state index contributed by atoms with van der Waals surface area (Å²) < 4.78 is 24.9. The lowest BCUT2D eigenvalue weighted by Gasteiger charge is -2.26. The molecule has 0 unspecified atom stereocenters. The van der Waals surface area contributed by atoms with E-state index >= 15 is 0 Å². The van der Waals surface area contributed by atoms with E-state index in [1.165, 1.54) is 23.1 Å². The van der Waals surface area contributed by atoms with Crippen LogP contribution >= 0.6 is 46.5 Å². The molecule has 152 valence electrons. The molecule has 1 saturated heterocycles. The average Bonchev–Trinajstić information content (AvgIpc) is 3.26. The van der Waals surface area contributed by atoms with Gasteiger partial charge in [0.25, 0.3) is 0 Å². The zero-order valence-corrected chi connectivity index (χ0v) is 19.2. The van der Waals surface area contributed by atoms with Gasteiger partial charge in [-0.25, -0.2) is 8.42 Å². The number of rotatable bonds is 8. The van der Waals surface area contributed by atoms with Crippen LogP contribution in [0, 0.1) is 0 Å². The maximum Gasteiger partial charge on any atom is 0.233 e. The Kier molecular flexibility index (Phi) is 7.66. The van der Waals surface area contributed by atoms with Crippen molar-refractivity contribution in [2.75, 3.05) is 23.8 Å². The van der Waals surface area contributed by atoms with Crippen molar-refractivity contribution in [3.63, 3.8) is 0 Å². The number of hydrogen-bond donors (Lipinski definition) is 0. The molecule has 0 aliphatic carbocycles. The Morgan fingerprint density at radius 2 is 1.93 bits per heavy atom. The highest BCUT2D eigenvalue weighted by Crippen LogP contribution is 2.31. The fraction of sp³-hybridized carbons (Fsp3) is 0.471. The van der Waals surface area contributed by atoms with E-state index in [1.807, 2.05) is 31.2 Å². The molecule has 1 amide bonds. The Hall–Kier alpha value is -0.810. The molecule has 0 saturated carbocycles. The summed E-state index contributed by atoms with van der Waals surface area (Å²) >= 11 is 10.3. The molecule has 2 heterocycles.